The van der Waals surface area contributed by atoms with E-state index in [1.165, 1.54) is 5.56 Å². The molecule has 0 amide bonds. The molecule has 0 heterocycles. The van der Waals surface area contributed by atoms with Crippen LogP contribution >= 0.6 is 0 Å². The second-order valence-corrected chi connectivity index (χ2v) is 8.21. The van der Waals surface area contributed by atoms with Gasteiger partial charge < -0.3 is 5.11 Å². The molecule has 4 unspecified atom stereocenters. The molecule has 0 aromatic heterocycles. The molecule has 0 saturated heterocycles. The van der Waals surface area contributed by atoms with E-state index in [0.29, 0.717) is 35.3 Å². The molecule has 2 aliphatic rings. The second-order valence-electron chi connectivity index (χ2n) is 8.21. The lowest BCUT2D eigenvalue weighted by atomic mass is 9.77. The molecule has 1 aromatic rings. The van der Waals surface area contributed by atoms with Crippen LogP contribution in [0.25, 0.3) is 0 Å². The molecule has 4 atom stereocenters. The zero-order chi connectivity index (χ0) is 18.7. The quantitative estimate of drug-likeness (QED) is 0.608. The summed E-state index contributed by atoms with van der Waals surface area (Å²) in [6.45, 7) is 8.99. The highest BCUT2D eigenvalue weighted by atomic mass is 16.3. The van der Waals surface area contributed by atoms with E-state index in [4.69, 9.17) is 0 Å². The van der Waals surface area contributed by atoms with Crippen molar-refractivity contribution in [3.8, 4) is 5.75 Å². The van der Waals surface area contributed by atoms with E-state index in [-0.39, 0.29) is 0 Å². The summed E-state index contributed by atoms with van der Waals surface area (Å²) in [5.41, 5.74) is 3.55. The molecule has 0 bridgehead atoms. The molecule has 2 aliphatic carbocycles. The van der Waals surface area contributed by atoms with Crippen molar-refractivity contribution in [2.24, 2.45) is 11.8 Å². The number of phenolic OH excluding ortho intramolecular Hbond substituents is 1. The number of allylic oxidation sites excluding steroid dienone is 8. The van der Waals surface area contributed by atoms with Crippen LogP contribution in [0, 0.1) is 11.8 Å². The minimum Gasteiger partial charge on any atom is -0.507 e. The number of benzene rings is 1. The largest absolute Gasteiger partial charge is 0.507 e. The summed E-state index contributed by atoms with van der Waals surface area (Å²) in [6.07, 6.45) is 19.6. The summed E-state index contributed by atoms with van der Waals surface area (Å²) in [6, 6.07) is 4.48. The van der Waals surface area contributed by atoms with Crippen LogP contribution < -0.4 is 0 Å². The molecular formula is C25H32O. The van der Waals surface area contributed by atoms with Gasteiger partial charge in [0.05, 0.1) is 0 Å². The maximum Gasteiger partial charge on any atom is 0.122 e. The Labute approximate surface area is 158 Å². The van der Waals surface area contributed by atoms with Crippen LogP contribution in [0.15, 0.2) is 60.7 Å². The number of hydrogen-bond acceptors (Lipinski definition) is 1. The smallest absolute Gasteiger partial charge is 0.122 e. The third-order valence-electron chi connectivity index (χ3n) is 6.15. The molecule has 26 heavy (non-hydrogen) atoms. The van der Waals surface area contributed by atoms with E-state index in [0.717, 1.165) is 24.0 Å². The summed E-state index contributed by atoms with van der Waals surface area (Å²) in [4.78, 5) is 0. The van der Waals surface area contributed by atoms with Crippen molar-refractivity contribution < 1.29 is 5.11 Å². The Bertz CT molecular complexity index is 690. The van der Waals surface area contributed by atoms with Crippen LogP contribution in [0.3, 0.4) is 0 Å². The van der Waals surface area contributed by atoms with Gasteiger partial charge in [-0.05, 0) is 59.1 Å². The SMILES string of the molecule is CC(C)c1cc(C(C)C2C=CC=CC2)c(O)c(C(C)C2C=CC=CC2)c1. The fraction of sp³-hybridized carbons (Fsp3) is 0.440. The summed E-state index contributed by atoms with van der Waals surface area (Å²) >= 11 is 0. The monoisotopic (exact) mass is 348 g/mol. The van der Waals surface area contributed by atoms with Crippen LogP contribution in [0.5, 0.6) is 5.75 Å². The van der Waals surface area contributed by atoms with Crippen molar-refractivity contribution in [3.05, 3.63) is 77.4 Å². The topological polar surface area (TPSA) is 20.2 Å². The lowest BCUT2D eigenvalue weighted by molar-refractivity contribution is 0.427. The number of hydrogen-bond donors (Lipinski definition) is 1. The van der Waals surface area contributed by atoms with Gasteiger partial charge in [-0.25, -0.2) is 0 Å². The van der Waals surface area contributed by atoms with E-state index in [1.54, 1.807) is 0 Å². The first kappa shape index (κ1) is 18.8. The molecule has 0 spiro atoms. The summed E-state index contributed by atoms with van der Waals surface area (Å²) in [7, 11) is 0. The molecular weight excluding hydrogens is 316 g/mol. The van der Waals surface area contributed by atoms with Gasteiger partial charge in [0.1, 0.15) is 5.75 Å². The predicted octanol–water partition coefficient (Wildman–Crippen LogP) is 6.99. The zero-order valence-corrected chi connectivity index (χ0v) is 16.5. The van der Waals surface area contributed by atoms with Gasteiger partial charge in [0, 0.05) is 0 Å². The van der Waals surface area contributed by atoms with Crippen LogP contribution in [-0.2, 0) is 0 Å². The highest BCUT2D eigenvalue weighted by Gasteiger charge is 2.26. The van der Waals surface area contributed by atoms with Gasteiger partial charge in [0.15, 0.2) is 0 Å². The number of rotatable bonds is 5. The molecule has 138 valence electrons. The van der Waals surface area contributed by atoms with Crippen molar-refractivity contribution in [1.29, 1.82) is 0 Å². The minimum absolute atomic E-state index is 0.308. The number of aromatic hydroxyl groups is 1. The van der Waals surface area contributed by atoms with Crippen LogP contribution in [-0.4, -0.2) is 5.11 Å². The summed E-state index contributed by atoms with van der Waals surface area (Å²) in [5, 5.41) is 11.2. The molecule has 3 rings (SSSR count). The van der Waals surface area contributed by atoms with Crippen LogP contribution in [0.1, 0.15) is 75.0 Å². The molecule has 0 saturated carbocycles. The standard InChI is InChI=1S/C25H32O/c1-17(2)22-15-23(18(3)20-11-7-5-8-12-20)25(26)24(16-22)19(4)21-13-9-6-10-14-21/h5-11,13,15-21,26H,12,14H2,1-4H3. The van der Waals surface area contributed by atoms with Gasteiger partial charge in [0.25, 0.3) is 0 Å². The molecule has 0 aliphatic heterocycles. The van der Waals surface area contributed by atoms with E-state index in [2.05, 4.69) is 88.4 Å². The Balaban J connectivity index is 2.00. The van der Waals surface area contributed by atoms with Crippen molar-refractivity contribution >= 4 is 0 Å². The van der Waals surface area contributed by atoms with Gasteiger partial charge in [-0.3, -0.25) is 0 Å². The predicted molar refractivity (Wildman–Crippen MR) is 112 cm³/mol. The van der Waals surface area contributed by atoms with E-state index in [1.807, 2.05) is 0 Å². The van der Waals surface area contributed by atoms with Gasteiger partial charge in [-0.2, -0.15) is 0 Å². The highest BCUT2D eigenvalue weighted by Crippen LogP contribution is 2.43. The Hall–Kier alpha value is -2.02. The maximum absolute atomic E-state index is 11.2. The third-order valence-corrected chi connectivity index (χ3v) is 6.15. The van der Waals surface area contributed by atoms with E-state index in [9.17, 15) is 5.11 Å². The first-order chi connectivity index (χ1) is 12.5. The molecule has 1 N–H and O–H groups in total. The fourth-order valence-corrected chi connectivity index (χ4v) is 4.13. The van der Waals surface area contributed by atoms with Gasteiger partial charge in [0.2, 0.25) is 0 Å². The molecule has 1 aromatic carbocycles. The summed E-state index contributed by atoms with van der Waals surface area (Å²) in [5.74, 6) is 2.49. The Morgan fingerprint density at radius 3 is 1.58 bits per heavy atom. The zero-order valence-electron chi connectivity index (χ0n) is 16.5. The highest BCUT2D eigenvalue weighted by molar-refractivity contribution is 5.49. The van der Waals surface area contributed by atoms with Crippen molar-refractivity contribution in [3.63, 3.8) is 0 Å². The lowest BCUT2D eigenvalue weighted by Gasteiger charge is -2.28. The number of phenols is 1. The van der Waals surface area contributed by atoms with Crippen molar-refractivity contribution in [1.82, 2.24) is 0 Å². The van der Waals surface area contributed by atoms with Crippen molar-refractivity contribution in [2.45, 2.75) is 58.3 Å². The van der Waals surface area contributed by atoms with Gasteiger partial charge in [-0.1, -0.05) is 88.4 Å². The Morgan fingerprint density at radius 1 is 0.769 bits per heavy atom. The molecule has 0 radical (unpaired) electrons. The average molecular weight is 349 g/mol. The third kappa shape index (κ3) is 3.87. The maximum atomic E-state index is 11.2. The van der Waals surface area contributed by atoms with E-state index < -0.39 is 0 Å². The second kappa shape index (κ2) is 8.12. The fourth-order valence-electron chi connectivity index (χ4n) is 4.13. The summed E-state index contributed by atoms with van der Waals surface area (Å²) < 4.78 is 0. The van der Waals surface area contributed by atoms with Crippen molar-refractivity contribution in [2.75, 3.05) is 0 Å². The normalized spacial score (nSPS) is 24.2. The van der Waals surface area contributed by atoms with Crippen LogP contribution in [0.4, 0.5) is 0 Å². The average Bonchev–Trinajstić information content (AvgIpc) is 2.68. The first-order valence-electron chi connectivity index (χ1n) is 10.0. The minimum atomic E-state index is 0.308. The molecule has 1 heteroatoms. The van der Waals surface area contributed by atoms with Crippen LogP contribution in [0.2, 0.25) is 0 Å². The Morgan fingerprint density at radius 2 is 1.23 bits per heavy atom. The molecule has 1 nitrogen and oxygen atoms in total. The van der Waals surface area contributed by atoms with Gasteiger partial charge in [-0.15, -0.1) is 0 Å². The first-order valence-corrected chi connectivity index (χ1v) is 10.0. The Kier molecular flexibility index (Phi) is 5.86. The van der Waals surface area contributed by atoms with E-state index >= 15 is 0 Å². The lowest BCUT2D eigenvalue weighted by Crippen LogP contribution is -2.13. The van der Waals surface area contributed by atoms with Gasteiger partial charge >= 0.3 is 0 Å². The molecule has 0 fully saturated rings.